The SMILES string of the molecule is O=C(/C=C/c1ccc(Cl)cc1)NC1CCC(CC2CCC(NC(=O)/C=C/c3ccc(Cl)cc3)CC2)CC1. The number of carbonyl (C=O) groups excluding carboxylic acids is 2. The van der Waals surface area contributed by atoms with Crippen molar-refractivity contribution in [2.45, 2.75) is 69.9 Å². The number of carbonyl (C=O) groups is 2. The fraction of sp³-hybridized carbons (Fsp3) is 0.419. The van der Waals surface area contributed by atoms with Crippen LogP contribution in [-0.4, -0.2) is 23.9 Å². The minimum absolute atomic E-state index is 0.0261. The van der Waals surface area contributed by atoms with Gasteiger partial charge in [-0.2, -0.15) is 0 Å². The van der Waals surface area contributed by atoms with E-state index in [1.54, 1.807) is 12.2 Å². The first-order chi connectivity index (χ1) is 17.9. The summed E-state index contributed by atoms with van der Waals surface area (Å²) in [7, 11) is 0. The molecule has 0 unspecified atom stereocenters. The van der Waals surface area contributed by atoms with Crippen molar-refractivity contribution in [3.63, 3.8) is 0 Å². The molecule has 4 rings (SSSR count). The second-order valence-corrected chi connectivity index (χ2v) is 11.3. The minimum atomic E-state index is -0.0261. The van der Waals surface area contributed by atoms with Gasteiger partial charge in [0.2, 0.25) is 11.8 Å². The first-order valence-corrected chi connectivity index (χ1v) is 14.2. The first kappa shape index (κ1) is 27.5. The molecule has 6 heteroatoms. The lowest BCUT2D eigenvalue weighted by molar-refractivity contribution is -0.118. The van der Waals surface area contributed by atoms with E-state index in [0.717, 1.165) is 48.6 Å². The summed E-state index contributed by atoms with van der Waals surface area (Å²) in [5.74, 6) is 1.44. The molecule has 2 N–H and O–H groups in total. The first-order valence-electron chi connectivity index (χ1n) is 13.4. The molecule has 2 aliphatic rings. The highest BCUT2D eigenvalue weighted by atomic mass is 35.5. The van der Waals surface area contributed by atoms with Crippen LogP contribution in [0.2, 0.25) is 10.0 Å². The Balaban J connectivity index is 1.10. The average molecular weight is 540 g/mol. The van der Waals surface area contributed by atoms with Gasteiger partial charge in [0, 0.05) is 34.3 Å². The molecule has 2 amide bonds. The van der Waals surface area contributed by atoms with Crippen molar-refractivity contribution in [3.8, 4) is 0 Å². The van der Waals surface area contributed by atoms with Gasteiger partial charge < -0.3 is 10.6 Å². The van der Waals surface area contributed by atoms with Crippen LogP contribution in [0.3, 0.4) is 0 Å². The van der Waals surface area contributed by atoms with Crippen molar-refractivity contribution >= 4 is 47.2 Å². The average Bonchev–Trinajstić information content (AvgIpc) is 2.90. The second kappa shape index (κ2) is 13.8. The molecule has 2 aromatic rings. The van der Waals surface area contributed by atoms with Crippen molar-refractivity contribution in [2.75, 3.05) is 0 Å². The summed E-state index contributed by atoms with van der Waals surface area (Å²) >= 11 is 11.8. The highest BCUT2D eigenvalue weighted by molar-refractivity contribution is 6.30. The van der Waals surface area contributed by atoms with E-state index in [1.165, 1.54) is 32.1 Å². The van der Waals surface area contributed by atoms with Crippen LogP contribution in [-0.2, 0) is 9.59 Å². The van der Waals surface area contributed by atoms with E-state index in [-0.39, 0.29) is 23.9 Å². The zero-order valence-electron chi connectivity index (χ0n) is 21.2. The topological polar surface area (TPSA) is 58.2 Å². The van der Waals surface area contributed by atoms with Crippen LogP contribution in [0.15, 0.2) is 60.7 Å². The monoisotopic (exact) mass is 538 g/mol. The highest BCUT2D eigenvalue weighted by Gasteiger charge is 2.27. The van der Waals surface area contributed by atoms with Crippen molar-refractivity contribution in [1.29, 1.82) is 0 Å². The largest absolute Gasteiger partial charge is 0.350 e. The molecule has 0 heterocycles. The van der Waals surface area contributed by atoms with Gasteiger partial charge in [0.1, 0.15) is 0 Å². The Morgan fingerprint density at radius 3 is 1.32 bits per heavy atom. The molecule has 0 bridgehead atoms. The number of rotatable bonds is 8. The lowest BCUT2D eigenvalue weighted by Crippen LogP contribution is -2.38. The maximum absolute atomic E-state index is 12.3. The lowest BCUT2D eigenvalue weighted by Gasteiger charge is -2.34. The smallest absolute Gasteiger partial charge is 0.244 e. The summed E-state index contributed by atoms with van der Waals surface area (Å²) in [6.45, 7) is 0. The van der Waals surface area contributed by atoms with Gasteiger partial charge in [-0.05, 0) is 117 Å². The van der Waals surface area contributed by atoms with Gasteiger partial charge in [-0.1, -0.05) is 47.5 Å². The van der Waals surface area contributed by atoms with E-state index < -0.39 is 0 Å². The molecule has 0 radical (unpaired) electrons. The standard InChI is InChI=1S/C31H36Cl2N2O2/c32-26-11-1-22(2-12-26)9-19-30(36)34-28-15-5-24(6-16-28)21-25-7-17-29(18-8-25)35-31(37)20-10-23-3-13-27(33)14-4-23/h1-4,9-14,19-20,24-25,28-29H,5-8,15-18,21H2,(H,34,36)(H,35,37)/b19-9+,20-10+. The molecule has 37 heavy (non-hydrogen) atoms. The summed E-state index contributed by atoms with van der Waals surface area (Å²) in [5.41, 5.74) is 1.93. The van der Waals surface area contributed by atoms with Crippen LogP contribution in [0.1, 0.15) is 68.9 Å². The summed E-state index contributed by atoms with van der Waals surface area (Å²) < 4.78 is 0. The number of hydrogen-bond donors (Lipinski definition) is 2. The maximum atomic E-state index is 12.3. The number of benzene rings is 2. The van der Waals surface area contributed by atoms with E-state index in [1.807, 2.05) is 60.7 Å². The van der Waals surface area contributed by atoms with Crippen molar-refractivity contribution in [3.05, 3.63) is 81.9 Å². The fourth-order valence-corrected chi connectivity index (χ4v) is 5.80. The van der Waals surface area contributed by atoms with Gasteiger partial charge in [0.25, 0.3) is 0 Å². The van der Waals surface area contributed by atoms with E-state index >= 15 is 0 Å². The van der Waals surface area contributed by atoms with Gasteiger partial charge in [0.05, 0.1) is 0 Å². The van der Waals surface area contributed by atoms with Gasteiger partial charge >= 0.3 is 0 Å². The summed E-state index contributed by atoms with van der Waals surface area (Å²) in [6.07, 6.45) is 17.1. The predicted molar refractivity (Wildman–Crippen MR) is 153 cm³/mol. The molecule has 2 aromatic carbocycles. The highest BCUT2D eigenvalue weighted by Crippen LogP contribution is 2.35. The Hall–Kier alpha value is -2.56. The quantitative estimate of drug-likeness (QED) is 0.342. The minimum Gasteiger partial charge on any atom is -0.350 e. The molecular formula is C31H36Cl2N2O2. The molecule has 0 aliphatic heterocycles. The molecule has 0 spiro atoms. The zero-order chi connectivity index (χ0) is 26.0. The van der Waals surface area contributed by atoms with Crippen LogP contribution in [0, 0.1) is 11.8 Å². The third-order valence-electron chi connectivity index (χ3n) is 7.65. The van der Waals surface area contributed by atoms with E-state index in [2.05, 4.69) is 10.6 Å². The zero-order valence-corrected chi connectivity index (χ0v) is 22.7. The molecule has 4 nitrogen and oxygen atoms in total. The van der Waals surface area contributed by atoms with Crippen molar-refractivity contribution < 1.29 is 9.59 Å². The Morgan fingerprint density at radius 2 is 0.973 bits per heavy atom. The molecule has 2 fully saturated rings. The predicted octanol–water partition coefficient (Wildman–Crippen LogP) is 7.46. The third kappa shape index (κ3) is 9.36. The van der Waals surface area contributed by atoms with E-state index in [0.29, 0.717) is 10.0 Å². The molecule has 0 atom stereocenters. The van der Waals surface area contributed by atoms with Crippen LogP contribution >= 0.6 is 23.2 Å². The van der Waals surface area contributed by atoms with Crippen LogP contribution in [0.25, 0.3) is 12.2 Å². The van der Waals surface area contributed by atoms with E-state index in [4.69, 9.17) is 23.2 Å². The van der Waals surface area contributed by atoms with Gasteiger partial charge in [0.15, 0.2) is 0 Å². The Labute approximate surface area is 230 Å². The van der Waals surface area contributed by atoms with Gasteiger partial charge in [-0.3, -0.25) is 9.59 Å². The lowest BCUT2D eigenvalue weighted by atomic mass is 9.75. The van der Waals surface area contributed by atoms with Crippen molar-refractivity contribution in [2.24, 2.45) is 11.8 Å². The molecule has 0 aromatic heterocycles. The number of amides is 2. The fourth-order valence-electron chi connectivity index (χ4n) is 5.55. The van der Waals surface area contributed by atoms with Crippen LogP contribution in [0.4, 0.5) is 0 Å². The normalized spacial score (nSPS) is 24.3. The molecule has 0 saturated heterocycles. The Kier molecular flexibility index (Phi) is 10.3. The van der Waals surface area contributed by atoms with Crippen LogP contribution in [0.5, 0.6) is 0 Å². The molecule has 2 aliphatic carbocycles. The van der Waals surface area contributed by atoms with E-state index in [9.17, 15) is 9.59 Å². The van der Waals surface area contributed by atoms with Crippen LogP contribution < -0.4 is 10.6 Å². The number of hydrogen-bond acceptors (Lipinski definition) is 2. The third-order valence-corrected chi connectivity index (χ3v) is 8.15. The molecule has 2 saturated carbocycles. The van der Waals surface area contributed by atoms with Gasteiger partial charge in [-0.25, -0.2) is 0 Å². The summed E-state index contributed by atoms with van der Waals surface area (Å²) in [6, 6.07) is 15.4. The maximum Gasteiger partial charge on any atom is 0.244 e. The number of halogens is 2. The molecule has 196 valence electrons. The second-order valence-electron chi connectivity index (χ2n) is 10.5. The Morgan fingerprint density at radius 1 is 0.622 bits per heavy atom. The summed E-state index contributed by atoms with van der Waals surface area (Å²) in [5, 5.41) is 7.72. The molecular weight excluding hydrogens is 503 g/mol. The van der Waals surface area contributed by atoms with Crippen molar-refractivity contribution in [1.82, 2.24) is 10.6 Å². The number of nitrogens with one attached hydrogen (secondary N) is 2. The Bertz CT molecular complexity index is 992. The van der Waals surface area contributed by atoms with Gasteiger partial charge in [-0.15, -0.1) is 0 Å². The summed E-state index contributed by atoms with van der Waals surface area (Å²) in [4.78, 5) is 24.6.